The molecular weight excluding hydrogens is 256 g/mol. The van der Waals surface area contributed by atoms with E-state index in [2.05, 4.69) is 0 Å². The molecule has 2 rings (SSSR count). The van der Waals surface area contributed by atoms with E-state index >= 15 is 0 Å². The molecule has 0 heterocycles. The number of hydrogen-bond donors (Lipinski definition) is 2. The fraction of sp³-hybridized carbons (Fsp3) is 0.467. The summed E-state index contributed by atoms with van der Waals surface area (Å²) in [5.74, 6) is -1.11. The average Bonchev–Trinajstić information content (AvgIpc) is 2.95. The van der Waals surface area contributed by atoms with Gasteiger partial charge in [-0.2, -0.15) is 0 Å². The highest BCUT2D eigenvalue weighted by molar-refractivity contribution is 6.03. The van der Waals surface area contributed by atoms with Crippen molar-refractivity contribution in [3.63, 3.8) is 0 Å². The lowest BCUT2D eigenvalue weighted by molar-refractivity contribution is -0.127. The number of rotatable bonds is 4. The van der Waals surface area contributed by atoms with Crippen LogP contribution in [-0.2, 0) is 4.79 Å². The number of carboxylic acid groups (broad SMARTS) is 1. The predicted molar refractivity (Wildman–Crippen MR) is 76.8 cm³/mol. The summed E-state index contributed by atoms with van der Waals surface area (Å²) in [6.07, 6.45) is 3.55. The fourth-order valence-corrected chi connectivity index (χ4v) is 2.97. The maximum atomic E-state index is 12.7. The van der Waals surface area contributed by atoms with Crippen molar-refractivity contribution in [3.8, 4) is 0 Å². The van der Waals surface area contributed by atoms with Gasteiger partial charge in [-0.15, -0.1) is 0 Å². The highest BCUT2D eigenvalue weighted by Gasteiger charge is 2.42. The maximum absolute atomic E-state index is 12.7. The zero-order valence-corrected chi connectivity index (χ0v) is 11.6. The first kappa shape index (κ1) is 14.5. The van der Waals surface area contributed by atoms with Gasteiger partial charge in [-0.05, 0) is 25.0 Å². The van der Waals surface area contributed by atoms with Crippen molar-refractivity contribution in [2.75, 3.05) is 18.5 Å². The second kappa shape index (κ2) is 5.63. The number of para-hydroxylation sites is 1. The smallest absolute Gasteiger partial charge is 0.337 e. The van der Waals surface area contributed by atoms with Gasteiger partial charge >= 0.3 is 5.97 Å². The first-order valence-corrected chi connectivity index (χ1v) is 6.82. The Labute approximate surface area is 118 Å². The monoisotopic (exact) mass is 276 g/mol. The minimum atomic E-state index is -1.03. The van der Waals surface area contributed by atoms with E-state index in [0.717, 1.165) is 25.7 Å². The van der Waals surface area contributed by atoms with Gasteiger partial charge in [0.2, 0.25) is 5.91 Å². The van der Waals surface area contributed by atoms with Crippen LogP contribution in [0.4, 0.5) is 5.69 Å². The van der Waals surface area contributed by atoms with Gasteiger partial charge in [-0.3, -0.25) is 4.79 Å². The number of aromatic carboxylic acids is 1. The van der Waals surface area contributed by atoms with E-state index in [1.165, 1.54) is 11.0 Å². The van der Waals surface area contributed by atoms with E-state index in [9.17, 15) is 14.7 Å². The number of carbonyl (C=O) groups is 2. The zero-order valence-electron chi connectivity index (χ0n) is 11.6. The Hall–Kier alpha value is -1.88. The van der Waals surface area contributed by atoms with Crippen molar-refractivity contribution in [1.29, 1.82) is 0 Å². The van der Waals surface area contributed by atoms with Crippen molar-refractivity contribution in [2.45, 2.75) is 25.7 Å². The molecule has 20 heavy (non-hydrogen) atoms. The quantitative estimate of drug-likeness (QED) is 0.879. The molecule has 5 nitrogen and oxygen atoms in total. The van der Waals surface area contributed by atoms with Gasteiger partial charge in [0, 0.05) is 13.6 Å². The third-order valence-electron chi connectivity index (χ3n) is 4.21. The number of carboxylic acids is 1. The fourth-order valence-electron chi connectivity index (χ4n) is 2.97. The Balaban J connectivity index is 2.34. The van der Waals surface area contributed by atoms with Gasteiger partial charge < -0.3 is 15.7 Å². The SMILES string of the molecule is CN(C(=O)C1(CN)CCCC1)c1ccccc1C(=O)O. The van der Waals surface area contributed by atoms with Gasteiger partial charge in [0.05, 0.1) is 16.7 Å². The van der Waals surface area contributed by atoms with Crippen LogP contribution in [0, 0.1) is 5.41 Å². The molecule has 0 bridgehead atoms. The van der Waals surface area contributed by atoms with Crippen LogP contribution in [0.5, 0.6) is 0 Å². The van der Waals surface area contributed by atoms with Crippen molar-refractivity contribution in [2.24, 2.45) is 11.1 Å². The first-order chi connectivity index (χ1) is 9.52. The van der Waals surface area contributed by atoms with Gasteiger partial charge in [0.25, 0.3) is 0 Å². The molecule has 1 amide bonds. The van der Waals surface area contributed by atoms with Crippen LogP contribution in [0.3, 0.4) is 0 Å². The van der Waals surface area contributed by atoms with Crippen LogP contribution in [0.1, 0.15) is 36.0 Å². The molecule has 0 saturated heterocycles. The van der Waals surface area contributed by atoms with E-state index < -0.39 is 11.4 Å². The lowest BCUT2D eigenvalue weighted by Crippen LogP contribution is -2.45. The average molecular weight is 276 g/mol. The van der Waals surface area contributed by atoms with E-state index in [-0.39, 0.29) is 11.5 Å². The summed E-state index contributed by atoms with van der Waals surface area (Å²) in [6, 6.07) is 6.54. The van der Waals surface area contributed by atoms with Crippen molar-refractivity contribution in [1.82, 2.24) is 0 Å². The summed E-state index contributed by atoms with van der Waals surface area (Å²) in [5, 5.41) is 9.22. The zero-order chi connectivity index (χ0) is 14.8. The lowest BCUT2D eigenvalue weighted by Gasteiger charge is -2.31. The molecule has 0 radical (unpaired) electrons. The van der Waals surface area contributed by atoms with Crippen molar-refractivity contribution >= 4 is 17.6 Å². The van der Waals surface area contributed by atoms with Crippen LogP contribution in [0.2, 0.25) is 0 Å². The highest BCUT2D eigenvalue weighted by Crippen LogP contribution is 2.39. The van der Waals surface area contributed by atoms with Gasteiger partial charge in [0.1, 0.15) is 0 Å². The highest BCUT2D eigenvalue weighted by atomic mass is 16.4. The molecule has 1 fully saturated rings. The summed E-state index contributed by atoms with van der Waals surface area (Å²) in [7, 11) is 1.62. The van der Waals surface area contributed by atoms with E-state index in [1.54, 1.807) is 25.2 Å². The summed E-state index contributed by atoms with van der Waals surface area (Å²) in [4.78, 5) is 25.4. The topological polar surface area (TPSA) is 83.6 Å². The number of carbonyl (C=O) groups excluding carboxylic acids is 1. The third-order valence-corrected chi connectivity index (χ3v) is 4.21. The number of nitrogens with zero attached hydrogens (tertiary/aromatic N) is 1. The van der Waals surface area contributed by atoms with Gasteiger partial charge in [-0.1, -0.05) is 25.0 Å². The summed E-state index contributed by atoms with van der Waals surface area (Å²) in [6.45, 7) is 0.311. The molecule has 1 aromatic carbocycles. The first-order valence-electron chi connectivity index (χ1n) is 6.82. The number of nitrogens with two attached hydrogens (primary N) is 1. The van der Waals surface area contributed by atoms with E-state index in [4.69, 9.17) is 5.73 Å². The Morgan fingerprint density at radius 3 is 2.45 bits per heavy atom. The molecule has 1 aromatic rings. The molecule has 108 valence electrons. The second-order valence-corrected chi connectivity index (χ2v) is 5.38. The number of hydrogen-bond acceptors (Lipinski definition) is 3. The molecule has 0 aliphatic heterocycles. The van der Waals surface area contributed by atoms with E-state index in [0.29, 0.717) is 12.2 Å². The largest absolute Gasteiger partial charge is 0.478 e. The Kier molecular flexibility index (Phi) is 4.09. The Morgan fingerprint density at radius 1 is 1.30 bits per heavy atom. The van der Waals surface area contributed by atoms with Crippen LogP contribution in [-0.4, -0.2) is 30.6 Å². The number of benzene rings is 1. The molecule has 0 aromatic heterocycles. The second-order valence-electron chi connectivity index (χ2n) is 5.38. The van der Waals surface area contributed by atoms with Crippen LogP contribution < -0.4 is 10.6 Å². The molecule has 1 saturated carbocycles. The molecular formula is C15H20N2O3. The Morgan fingerprint density at radius 2 is 1.90 bits per heavy atom. The summed E-state index contributed by atoms with van der Waals surface area (Å²) < 4.78 is 0. The lowest BCUT2D eigenvalue weighted by atomic mass is 9.84. The number of amides is 1. The Bertz CT molecular complexity index is 522. The van der Waals surface area contributed by atoms with Crippen LogP contribution in [0.25, 0.3) is 0 Å². The summed E-state index contributed by atoms with van der Waals surface area (Å²) in [5.41, 5.74) is 5.85. The minimum Gasteiger partial charge on any atom is -0.478 e. The van der Waals surface area contributed by atoms with Crippen LogP contribution in [0.15, 0.2) is 24.3 Å². The molecule has 1 aliphatic rings. The van der Waals surface area contributed by atoms with Crippen molar-refractivity contribution < 1.29 is 14.7 Å². The summed E-state index contributed by atoms with van der Waals surface area (Å²) >= 11 is 0. The standard InChI is InChI=1S/C15H20N2O3/c1-17(12-7-3-2-6-11(12)13(18)19)14(20)15(10-16)8-4-5-9-15/h2-3,6-7H,4-5,8-10,16H2,1H3,(H,18,19). The molecule has 0 spiro atoms. The molecule has 1 aliphatic carbocycles. The van der Waals surface area contributed by atoms with Gasteiger partial charge in [-0.25, -0.2) is 4.79 Å². The number of anilines is 1. The molecule has 0 atom stereocenters. The van der Waals surface area contributed by atoms with Crippen LogP contribution >= 0.6 is 0 Å². The molecule has 3 N–H and O–H groups in total. The minimum absolute atomic E-state index is 0.0776. The normalized spacial score (nSPS) is 16.9. The van der Waals surface area contributed by atoms with Crippen molar-refractivity contribution in [3.05, 3.63) is 29.8 Å². The molecule has 0 unspecified atom stereocenters. The van der Waals surface area contributed by atoms with E-state index in [1.807, 2.05) is 0 Å². The van der Waals surface area contributed by atoms with Gasteiger partial charge in [0.15, 0.2) is 0 Å². The predicted octanol–water partition coefficient (Wildman–Crippen LogP) is 1.87. The molecule has 5 heteroatoms. The maximum Gasteiger partial charge on any atom is 0.337 e. The third kappa shape index (κ3) is 2.41.